The molecule has 1 unspecified atom stereocenters. The van der Waals surface area contributed by atoms with Crippen molar-refractivity contribution in [1.82, 2.24) is 15.5 Å². The summed E-state index contributed by atoms with van der Waals surface area (Å²) < 4.78 is 46.5. The number of carbonyl (C=O) groups excluding carboxylic acids is 2. The van der Waals surface area contributed by atoms with Gasteiger partial charge in [0.2, 0.25) is 17.7 Å². The van der Waals surface area contributed by atoms with E-state index in [4.69, 9.17) is 4.42 Å². The normalized spacial score (nSPS) is 21.9. The number of piperidine rings is 1. The zero-order valence-corrected chi connectivity index (χ0v) is 20.0. The van der Waals surface area contributed by atoms with Crippen LogP contribution in [0.5, 0.6) is 5.75 Å². The second-order valence-electron chi connectivity index (χ2n) is 9.18. The number of alkyl halides is 3. The summed E-state index contributed by atoms with van der Waals surface area (Å²) in [5, 5.41) is 13.6. The van der Waals surface area contributed by atoms with Gasteiger partial charge in [-0.2, -0.15) is 0 Å². The highest BCUT2D eigenvalue weighted by Crippen LogP contribution is 2.35. The lowest BCUT2D eigenvalue weighted by atomic mass is 9.88. The Hall–Kier alpha value is -4.09. The van der Waals surface area contributed by atoms with E-state index in [1.807, 2.05) is 25.1 Å². The molecule has 2 saturated heterocycles. The summed E-state index contributed by atoms with van der Waals surface area (Å²) in [6.45, 7) is 4.74. The number of carbonyl (C=O) groups is 2. The van der Waals surface area contributed by atoms with Crippen molar-refractivity contribution >= 4 is 23.5 Å². The SMILES string of the molecule is Cc1cc(C2CCC(=O)NC2=O)ccc1N1C[C@H](Nc2nnc(-c3ccc(OC(F)(F)F)cc3)o2)[C@H]1C. The van der Waals surface area contributed by atoms with E-state index >= 15 is 0 Å². The van der Waals surface area contributed by atoms with Gasteiger partial charge in [0, 0.05) is 30.3 Å². The third-order valence-corrected chi connectivity index (χ3v) is 6.71. The Kier molecular flexibility index (Phi) is 6.26. The zero-order valence-electron chi connectivity index (χ0n) is 20.0. The predicted octanol–water partition coefficient (Wildman–Crippen LogP) is 4.15. The summed E-state index contributed by atoms with van der Waals surface area (Å²) in [6, 6.07) is 11.5. The number of nitrogens with one attached hydrogen (secondary N) is 2. The highest BCUT2D eigenvalue weighted by Gasteiger charge is 2.38. The van der Waals surface area contributed by atoms with Crippen molar-refractivity contribution in [2.75, 3.05) is 16.8 Å². The van der Waals surface area contributed by atoms with Crippen LogP contribution in [0.25, 0.3) is 11.5 Å². The lowest BCUT2D eigenvalue weighted by molar-refractivity contribution is -0.274. The summed E-state index contributed by atoms with van der Waals surface area (Å²) in [4.78, 5) is 25.9. The molecule has 9 nitrogen and oxygen atoms in total. The van der Waals surface area contributed by atoms with E-state index in [0.717, 1.165) is 16.8 Å². The summed E-state index contributed by atoms with van der Waals surface area (Å²) >= 11 is 0. The molecule has 37 heavy (non-hydrogen) atoms. The zero-order chi connectivity index (χ0) is 26.3. The molecule has 0 spiro atoms. The highest BCUT2D eigenvalue weighted by molar-refractivity contribution is 6.01. The Morgan fingerprint density at radius 3 is 2.54 bits per heavy atom. The largest absolute Gasteiger partial charge is 0.573 e. The molecule has 2 aliphatic rings. The lowest BCUT2D eigenvalue weighted by Crippen LogP contribution is -2.62. The third kappa shape index (κ3) is 5.23. The number of aromatic nitrogens is 2. The fraction of sp³-hybridized carbons (Fsp3) is 0.360. The number of benzene rings is 2. The summed E-state index contributed by atoms with van der Waals surface area (Å²) in [7, 11) is 0. The predicted molar refractivity (Wildman–Crippen MR) is 127 cm³/mol. The Morgan fingerprint density at radius 2 is 1.89 bits per heavy atom. The van der Waals surface area contributed by atoms with Crippen LogP contribution < -0.4 is 20.3 Å². The van der Waals surface area contributed by atoms with Crippen LogP contribution >= 0.6 is 0 Å². The first-order chi connectivity index (χ1) is 17.6. The Labute approximate surface area is 210 Å². The number of nitrogens with zero attached hydrogens (tertiary/aromatic N) is 3. The Bertz CT molecular complexity index is 1320. The van der Waals surface area contributed by atoms with Crippen molar-refractivity contribution in [3.63, 3.8) is 0 Å². The molecule has 2 N–H and O–H groups in total. The number of aryl methyl sites for hydroxylation is 1. The number of ether oxygens (including phenoxy) is 1. The molecule has 0 aliphatic carbocycles. The summed E-state index contributed by atoms with van der Waals surface area (Å²) in [5.41, 5.74) is 3.44. The maximum Gasteiger partial charge on any atom is 0.573 e. The minimum absolute atomic E-state index is 0.0325. The number of anilines is 2. The second-order valence-corrected chi connectivity index (χ2v) is 9.18. The molecule has 12 heteroatoms. The first-order valence-corrected chi connectivity index (χ1v) is 11.7. The summed E-state index contributed by atoms with van der Waals surface area (Å²) in [5.74, 6) is -0.977. The van der Waals surface area contributed by atoms with Crippen molar-refractivity contribution < 1.29 is 31.9 Å². The van der Waals surface area contributed by atoms with E-state index in [2.05, 4.69) is 37.4 Å². The quantitative estimate of drug-likeness (QED) is 0.472. The topological polar surface area (TPSA) is 110 Å². The first-order valence-electron chi connectivity index (χ1n) is 11.7. The monoisotopic (exact) mass is 515 g/mol. The number of imide groups is 1. The maximum absolute atomic E-state index is 12.3. The standard InChI is InChI=1S/C25H24F3N5O4/c1-13-11-16(18-8-10-21(34)30-22(18)35)5-9-20(13)33-12-19(14(33)2)29-24-32-31-23(36-24)15-3-6-17(7-4-15)37-25(26,27)28/h3-7,9,11,14,18-19H,8,10,12H2,1-2H3,(H,29,32)(H,30,34,35)/t14-,18?,19+/m1/s1. The molecular weight excluding hydrogens is 491 g/mol. The molecule has 0 saturated carbocycles. The van der Waals surface area contributed by atoms with E-state index in [1.54, 1.807) is 0 Å². The van der Waals surface area contributed by atoms with Gasteiger partial charge in [0.15, 0.2) is 0 Å². The van der Waals surface area contributed by atoms with Crippen LogP contribution in [0, 0.1) is 6.92 Å². The molecule has 194 valence electrons. The average molecular weight is 515 g/mol. The van der Waals surface area contributed by atoms with Gasteiger partial charge in [-0.1, -0.05) is 17.2 Å². The maximum atomic E-state index is 12.3. The van der Waals surface area contributed by atoms with Gasteiger partial charge in [0.1, 0.15) is 5.75 Å². The Balaban J connectivity index is 1.20. The molecule has 1 aromatic heterocycles. The second kappa shape index (κ2) is 9.41. The molecule has 5 rings (SSSR count). The molecule has 2 aromatic carbocycles. The number of amides is 2. The van der Waals surface area contributed by atoms with Crippen LogP contribution in [0.4, 0.5) is 24.9 Å². The molecular formula is C25H24F3N5O4. The van der Waals surface area contributed by atoms with Crippen LogP contribution in [-0.2, 0) is 9.59 Å². The number of hydrogen-bond acceptors (Lipinski definition) is 8. The van der Waals surface area contributed by atoms with Gasteiger partial charge in [0.05, 0.1) is 12.0 Å². The molecule has 3 heterocycles. The number of rotatable bonds is 6. The van der Waals surface area contributed by atoms with Gasteiger partial charge in [-0.25, -0.2) is 0 Å². The van der Waals surface area contributed by atoms with Crippen molar-refractivity contribution in [2.45, 2.75) is 51.1 Å². The van der Waals surface area contributed by atoms with Gasteiger partial charge in [-0.05, 0) is 61.7 Å². The molecule has 0 radical (unpaired) electrons. The number of hydrogen-bond donors (Lipinski definition) is 2. The van der Waals surface area contributed by atoms with Crippen LogP contribution in [0.2, 0.25) is 0 Å². The van der Waals surface area contributed by atoms with Crippen LogP contribution in [0.3, 0.4) is 0 Å². The smallest absolute Gasteiger partial charge is 0.406 e. The highest BCUT2D eigenvalue weighted by atomic mass is 19.4. The van der Waals surface area contributed by atoms with Crippen LogP contribution in [0.1, 0.15) is 36.8 Å². The van der Waals surface area contributed by atoms with Gasteiger partial charge in [-0.3, -0.25) is 14.9 Å². The van der Waals surface area contributed by atoms with E-state index in [9.17, 15) is 22.8 Å². The van der Waals surface area contributed by atoms with Crippen LogP contribution in [0.15, 0.2) is 46.9 Å². The van der Waals surface area contributed by atoms with Gasteiger partial charge in [0.25, 0.3) is 0 Å². The van der Waals surface area contributed by atoms with Crippen LogP contribution in [-0.4, -0.2) is 47.0 Å². The molecule has 3 atom stereocenters. The minimum atomic E-state index is -4.76. The van der Waals surface area contributed by atoms with Gasteiger partial charge >= 0.3 is 12.4 Å². The molecule has 2 fully saturated rings. The molecule has 3 aromatic rings. The molecule has 0 bridgehead atoms. The fourth-order valence-corrected chi connectivity index (χ4v) is 4.68. The van der Waals surface area contributed by atoms with E-state index in [-0.39, 0.29) is 47.5 Å². The van der Waals surface area contributed by atoms with E-state index in [0.29, 0.717) is 24.9 Å². The first kappa shape index (κ1) is 24.6. The molecule has 2 amide bonds. The Morgan fingerprint density at radius 1 is 1.14 bits per heavy atom. The van der Waals surface area contributed by atoms with Crippen molar-refractivity contribution in [3.8, 4) is 17.2 Å². The van der Waals surface area contributed by atoms with Crippen molar-refractivity contribution in [2.24, 2.45) is 0 Å². The fourth-order valence-electron chi connectivity index (χ4n) is 4.68. The van der Waals surface area contributed by atoms with E-state index in [1.165, 1.54) is 24.3 Å². The van der Waals surface area contributed by atoms with Gasteiger partial charge in [-0.15, -0.1) is 18.3 Å². The average Bonchev–Trinajstić information content (AvgIpc) is 3.30. The van der Waals surface area contributed by atoms with Gasteiger partial charge < -0.3 is 19.4 Å². The van der Waals surface area contributed by atoms with E-state index < -0.39 is 6.36 Å². The third-order valence-electron chi connectivity index (χ3n) is 6.71. The number of halogens is 3. The lowest BCUT2D eigenvalue weighted by Gasteiger charge is -2.48. The summed E-state index contributed by atoms with van der Waals surface area (Å²) in [6.07, 6.45) is -3.92. The van der Waals surface area contributed by atoms with Crippen molar-refractivity contribution in [1.29, 1.82) is 0 Å². The minimum Gasteiger partial charge on any atom is -0.406 e. The molecule has 2 aliphatic heterocycles. The van der Waals surface area contributed by atoms with Crippen molar-refractivity contribution in [3.05, 3.63) is 53.6 Å².